The fourth-order valence-corrected chi connectivity index (χ4v) is 4.39. The van der Waals surface area contributed by atoms with E-state index in [1.54, 1.807) is 0 Å². The smallest absolute Gasteiger partial charge is 0.0575 e. The number of hydrogen-bond donors (Lipinski definition) is 0. The van der Waals surface area contributed by atoms with E-state index in [0.29, 0.717) is 6.10 Å². The summed E-state index contributed by atoms with van der Waals surface area (Å²) < 4.78 is 6.02. The average Bonchev–Trinajstić information content (AvgIpc) is 2.57. The zero-order valence-corrected chi connectivity index (χ0v) is 15.1. The lowest BCUT2D eigenvalue weighted by atomic mass is 9.70. The zero-order valence-electron chi connectivity index (χ0n) is 15.1. The molecule has 0 bridgehead atoms. The number of unbranched alkanes of at least 4 members (excludes halogenated alkanes) is 2. The van der Waals surface area contributed by atoms with Gasteiger partial charge in [-0.3, -0.25) is 0 Å². The Bertz CT molecular complexity index is 293. The molecule has 0 heterocycles. The Hall–Kier alpha value is -0.300. The van der Waals surface area contributed by atoms with Crippen LogP contribution in [0.4, 0.5) is 0 Å². The Morgan fingerprint density at radius 2 is 1.45 bits per heavy atom. The van der Waals surface area contributed by atoms with Gasteiger partial charge in [-0.1, -0.05) is 38.8 Å². The average molecular weight is 307 g/mol. The van der Waals surface area contributed by atoms with Gasteiger partial charge in [0.25, 0.3) is 0 Å². The van der Waals surface area contributed by atoms with Crippen LogP contribution in [-0.4, -0.2) is 12.7 Å². The third kappa shape index (κ3) is 6.07. The van der Waals surface area contributed by atoms with Gasteiger partial charge in [0.15, 0.2) is 0 Å². The first-order valence-corrected chi connectivity index (χ1v) is 10.1. The summed E-state index contributed by atoms with van der Waals surface area (Å²) in [7, 11) is 0. The van der Waals surface area contributed by atoms with Crippen molar-refractivity contribution >= 4 is 0 Å². The van der Waals surface area contributed by atoms with Gasteiger partial charge >= 0.3 is 0 Å². The normalized spacial score (nSPS) is 33.4. The van der Waals surface area contributed by atoms with E-state index in [9.17, 15) is 0 Å². The Kier molecular flexibility index (Phi) is 8.59. The van der Waals surface area contributed by atoms with Crippen molar-refractivity contribution in [2.45, 2.75) is 97.0 Å². The molecule has 0 unspecified atom stereocenters. The highest BCUT2D eigenvalue weighted by molar-refractivity contribution is 4.92. The highest BCUT2D eigenvalue weighted by atomic mass is 16.5. The molecule has 2 saturated carbocycles. The molecule has 0 amide bonds. The Balaban J connectivity index is 1.62. The van der Waals surface area contributed by atoms with Crippen LogP contribution in [0.25, 0.3) is 0 Å². The maximum atomic E-state index is 6.02. The molecule has 2 aliphatic rings. The van der Waals surface area contributed by atoms with Crippen LogP contribution in [0, 0.1) is 17.8 Å². The predicted molar refractivity (Wildman–Crippen MR) is 96.1 cm³/mol. The topological polar surface area (TPSA) is 9.23 Å². The maximum absolute atomic E-state index is 6.02. The summed E-state index contributed by atoms with van der Waals surface area (Å²) in [5, 5.41) is 0. The predicted octanol–water partition coefficient (Wildman–Crippen LogP) is 6.52. The second-order valence-electron chi connectivity index (χ2n) is 7.65. The summed E-state index contributed by atoms with van der Waals surface area (Å²) in [6.07, 6.45) is 21.9. The SMILES string of the molecule is CCC/C=C/[C@H]1CC[C@H](C2CCC(OCCCC)CC2)CC1. The van der Waals surface area contributed by atoms with Crippen LogP contribution in [0.1, 0.15) is 90.9 Å². The fraction of sp³-hybridized carbons (Fsp3) is 0.905. The van der Waals surface area contributed by atoms with E-state index in [-0.39, 0.29) is 0 Å². The molecule has 2 fully saturated rings. The first-order valence-electron chi connectivity index (χ1n) is 10.1. The molecular formula is C21H38O. The molecule has 1 nitrogen and oxygen atoms in total. The van der Waals surface area contributed by atoms with E-state index in [0.717, 1.165) is 24.4 Å². The highest BCUT2D eigenvalue weighted by Crippen LogP contribution is 2.40. The summed E-state index contributed by atoms with van der Waals surface area (Å²) in [6, 6.07) is 0. The number of allylic oxidation sites excluding steroid dienone is 2. The minimum absolute atomic E-state index is 0.580. The van der Waals surface area contributed by atoms with Crippen LogP contribution in [-0.2, 0) is 4.74 Å². The fourth-order valence-electron chi connectivity index (χ4n) is 4.39. The van der Waals surface area contributed by atoms with Crippen LogP contribution >= 0.6 is 0 Å². The van der Waals surface area contributed by atoms with Crippen molar-refractivity contribution in [2.24, 2.45) is 17.8 Å². The third-order valence-corrected chi connectivity index (χ3v) is 5.92. The molecule has 2 aliphatic carbocycles. The quantitative estimate of drug-likeness (QED) is 0.366. The molecule has 2 rings (SSSR count). The lowest BCUT2D eigenvalue weighted by Gasteiger charge is -2.37. The van der Waals surface area contributed by atoms with E-state index in [1.807, 2.05) is 0 Å². The Morgan fingerprint density at radius 1 is 0.818 bits per heavy atom. The van der Waals surface area contributed by atoms with Gasteiger partial charge in [0.1, 0.15) is 0 Å². The monoisotopic (exact) mass is 306 g/mol. The Labute approximate surface area is 138 Å². The first kappa shape index (κ1) is 18.0. The molecule has 0 aromatic carbocycles. The van der Waals surface area contributed by atoms with Gasteiger partial charge in [-0.25, -0.2) is 0 Å². The summed E-state index contributed by atoms with van der Waals surface area (Å²) in [5.41, 5.74) is 0. The minimum atomic E-state index is 0.580. The largest absolute Gasteiger partial charge is 0.378 e. The molecule has 0 aromatic heterocycles. The first-order chi connectivity index (χ1) is 10.8. The molecule has 0 aromatic rings. The number of rotatable bonds is 8. The van der Waals surface area contributed by atoms with Crippen molar-refractivity contribution in [3.05, 3.63) is 12.2 Å². The van der Waals surface area contributed by atoms with Crippen molar-refractivity contribution in [1.29, 1.82) is 0 Å². The molecule has 0 radical (unpaired) electrons. The lowest BCUT2D eigenvalue weighted by Crippen LogP contribution is -2.28. The molecule has 0 N–H and O–H groups in total. The van der Waals surface area contributed by atoms with E-state index in [4.69, 9.17) is 4.74 Å². The maximum Gasteiger partial charge on any atom is 0.0575 e. The molecule has 128 valence electrons. The van der Waals surface area contributed by atoms with Crippen LogP contribution in [0.2, 0.25) is 0 Å². The minimum Gasteiger partial charge on any atom is -0.378 e. The standard InChI is InChI=1S/C21H38O/c1-3-5-7-8-18-9-11-19(12-10-18)20-13-15-21(16-14-20)22-17-6-4-2/h7-8,18-21H,3-6,9-17H2,1-2H3/b8-7+/t18-,19-,20?,21?. The van der Waals surface area contributed by atoms with Crippen molar-refractivity contribution in [1.82, 2.24) is 0 Å². The van der Waals surface area contributed by atoms with Crippen molar-refractivity contribution in [2.75, 3.05) is 6.61 Å². The zero-order chi connectivity index (χ0) is 15.6. The summed E-state index contributed by atoms with van der Waals surface area (Å²) in [4.78, 5) is 0. The highest BCUT2D eigenvalue weighted by Gasteiger charge is 2.30. The van der Waals surface area contributed by atoms with Gasteiger partial charge < -0.3 is 4.74 Å². The lowest BCUT2D eigenvalue weighted by molar-refractivity contribution is 0.00645. The van der Waals surface area contributed by atoms with E-state index < -0.39 is 0 Å². The van der Waals surface area contributed by atoms with Crippen LogP contribution in [0.5, 0.6) is 0 Å². The summed E-state index contributed by atoms with van der Waals surface area (Å²) in [6.45, 7) is 5.50. The summed E-state index contributed by atoms with van der Waals surface area (Å²) in [5.74, 6) is 2.91. The molecule has 0 spiro atoms. The van der Waals surface area contributed by atoms with Gasteiger partial charge in [0, 0.05) is 6.61 Å². The van der Waals surface area contributed by atoms with Gasteiger partial charge in [-0.2, -0.15) is 0 Å². The molecular weight excluding hydrogens is 268 g/mol. The van der Waals surface area contributed by atoms with Crippen molar-refractivity contribution in [3.63, 3.8) is 0 Å². The number of hydrogen-bond acceptors (Lipinski definition) is 1. The van der Waals surface area contributed by atoms with Gasteiger partial charge in [0.2, 0.25) is 0 Å². The van der Waals surface area contributed by atoms with Gasteiger partial charge in [0.05, 0.1) is 6.10 Å². The van der Waals surface area contributed by atoms with Gasteiger partial charge in [-0.15, -0.1) is 0 Å². The number of ether oxygens (including phenoxy) is 1. The molecule has 0 atom stereocenters. The Morgan fingerprint density at radius 3 is 2.05 bits per heavy atom. The second kappa shape index (κ2) is 10.5. The molecule has 0 saturated heterocycles. The molecule has 0 aliphatic heterocycles. The second-order valence-corrected chi connectivity index (χ2v) is 7.65. The van der Waals surface area contributed by atoms with Crippen LogP contribution in [0.15, 0.2) is 12.2 Å². The molecule has 1 heteroatoms. The van der Waals surface area contributed by atoms with Crippen LogP contribution in [0.3, 0.4) is 0 Å². The van der Waals surface area contributed by atoms with E-state index in [1.165, 1.54) is 77.0 Å². The van der Waals surface area contributed by atoms with Crippen molar-refractivity contribution < 1.29 is 4.74 Å². The van der Waals surface area contributed by atoms with E-state index in [2.05, 4.69) is 26.0 Å². The van der Waals surface area contributed by atoms with E-state index >= 15 is 0 Å². The molecule has 22 heavy (non-hydrogen) atoms. The van der Waals surface area contributed by atoms with Crippen molar-refractivity contribution in [3.8, 4) is 0 Å². The summed E-state index contributed by atoms with van der Waals surface area (Å²) >= 11 is 0. The van der Waals surface area contributed by atoms with Gasteiger partial charge in [-0.05, 0) is 82.0 Å². The van der Waals surface area contributed by atoms with Crippen LogP contribution < -0.4 is 0 Å². The third-order valence-electron chi connectivity index (χ3n) is 5.92.